The van der Waals surface area contributed by atoms with E-state index in [1.807, 2.05) is 32.3 Å². The Bertz CT molecular complexity index is 1220. The molecule has 1 aromatic rings. The first-order valence-corrected chi connectivity index (χ1v) is 13.7. The smallest absolute Gasteiger partial charge is 0.330 e. The van der Waals surface area contributed by atoms with Gasteiger partial charge < -0.3 is 23.4 Å². The third-order valence-corrected chi connectivity index (χ3v) is 11.1. The van der Waals surface area contributed by atoms with Crippen LogP contribution in [0.1, 0.15) is 79.2 Å². The van der Waals surface area contributed by atoms with Crippen molar-refractivity contribution >= 4 is 17.9 Å². The maximum Gasteiger partial charge on any atom is 0.330 e. The Morgan fingerprint density at radius 1 is 1.05 bits per heavy atom. The van der Waals surface area contributed by atoms with E-state index in [-0.39, 0.29) is 23.4 Å². The lowest BCUT2D eigenvalue weighted by Gasteiger charge is -2.68. The molecule has 6 rings (SSSR count). The van der Waals surface area contributed by atoms with Gasteiger partial charge in [0.05, 0.1) is 18.6 Å². The molecule has 8 heteroatoms. The third kappa shape index (κ3) is 2.98. The van der Waals surface area contributed by atoms with Crippen LogP contribution in [0.2, 0.25) is 0 Å². The molecule has 38 heavy (non-hydrogen) atoms. The second-order valence-electron chi connectivity index (χ2n) is 13.3. The molecule has 1 saturated heterocycles. The molecule has 8 nitrogen and oxygen atoms in total. The molecule has 2 aliphatic heterocycles. The molecule has 0 bridgehead atoms. The molecular weight excluding hydrogens is 488 g/mol. The van der Waals surface area contributed by atoms with E-state index < -0.39 is 58.1 Å². The van der Waals surface area contributed by atoms with Crippen molar-refractivity contribution in [3.8, 4) is 0 Å². The van der Waals surface area contributed by atoms with E-state index in [4.69, 9.17) is 23.4 Å². The molecule has 3 saturated carbocycles. The number of epoxide rings is 1. The predicted octanol–water partition coefficient (Wildman–Crippen LogP) is 4.72. The highest BCUT2D eigenvalue weighted by Gasteiger charge is 2.88. The van der Waals surface area contributed by atoms with E-state index in [0.717, 1.165) is 24.8 Å². The zero-order valence-corrected chi connectivity index (χ0v) is 23.2. The van der Waals surface area contributed by atoms with E-state index >= 15 is 0 Å². The molecule has 3 aliphatic carbocycles. The number of rotatable bonds is 3. The summed E-state index contributed by atoms with van der Waals surface area (Å²) in [6.07, 6.45) is 7.91. The zero-order valence-electron chi connectivity index (χ0n) is 23.2. The number of carbonyl (C=O) groups excluding carboxylic acids is 3. The van der Waals surface area contributed by atoms with Gasteiger partial charge in [0.1, 0.15) is 23.4 Å². The third-order valence-electron chi connectivity index (χ3n) is 11.1. The maximum absolute atomic E-state index is 12.8. The van der Waals surface area contributed by atoms with Crippen LogP contribution in [0.5, 0.6) is 0 Å². The van der Waals surface area contributed by atoms with E-state index in [1.165, 1.54) is 19.9 Å². The Balaban J connectivity index is 1.59. The summed E-state index contributed by atoms with van der Waals surface area (Å²) in [5.74, 6) is -1.62. The van der Waals surface area contributed by atoms with Crippen molar-refractivity contribution in [1.29, 1.82) is 0 Å². The molecule has 0 aromatic carbocycles. The summed E-state index contributed by atoms with van der Waals surface area (Å²) in [6.45, 7) is 13.1. The van der Waals surface area contributed by atoms with Gasteiger partial charge in [-0.25, -0.2) is 4.79 Å². The molecule has 6 unspecified atom stereocenters. The minimum atomic E-state index is -0.994. The Morgan fingerprint density at radius 3 is 2.39 bits per heavy atom. The summed E-state index contributed by atoms with van der Waals surface area (Å²) in [5.41, 5.74) is -2.03. The molecule has 0 radical (unpaired) electrons. The summed E-state index contributed by atoms with van der Waals surface area (Å²) in [6, 6.07) is 2.03. The number of furan rings is 1. The summed E-state index contributed by atoms with van der Waals surface area (Å²) in [5, 5.41) is 0. The van der Waals surface area contributed by atoms with Crippen LogP contribution in [-0.4, -0.2) is 47.4 Å². The first-order chi connectivity index (χ1) is 17.7. The Kier molecular flexibility index (Phi) is 5.22. The fourth-order valence-corrected chi connectivity index (χ4v) is 10.2. The van der Waals surface area contributed by atoms with Crippen molar-refractivity contribution < 1.29 is 37.7 Å². The first kappa shape index (κ1) is 25.7. The normalized spacial score (nSPS) is 47.9. The van der Waals surface area contributed by atoms with Crippen molar-refractivity contribution in [2.24, 2.45) is 28.1 Å². The molecular formula is C30H38O8. The van der Waals surface area contributed by atoms with Crippen LogP contribution >= 0.6 is 0 Å². The summed E-state index contributed by atoms with van der Waals surface area (Å²) in [4.78, 5) is 38.1. The van der Waals surface area contributed by atoms with Crippen molar-refractivity contribution in [3.05, 3.63) is 36.3 Å². The predicted molar refractivity (Wildman–Crippen MR) is 135 cm³/mol. The van der Waals surface area contributed by atoms with Gasteiger partial charge in [0.2, 0.25) is 0 Å². The number of carbonyl (C=O) groups is 3. The SMILES string of the molecule is CC(=O)OC1C2C(C)(C)OC(=O)C=C[C@]2(C)C2CC[C@@]3(C)C(c4ccoc4)CC4O[C@@]43[C@@]2(C)C1OC(C)=O. The van der Waals surface area contributed by atoms with Crippen molar-refractivity contribution in [1.82, 2.24) is 0 Å². The molecule has 1 aromatic heterocycles. The van der Waals surface area contributed by atoms with Crippen LogP contribution in [0.3, 0.4) is 0 Å². The second kappa shape index (κ2) is 7.74. The van der Waals surface area contributed by atoms with Gasteiger partial charge in [-0.05, 0) is 62.0 Å². The van der Waals surface area contributed by atoms with Gasteiger partial charge >= 0.3 is 17.9 Å². The van der Waals surface area contributed by atoms with E-state index in [9.17, 15) is 14.4 Å². The molecule has 3 heterocycles. The van der Waals surface area contributed by atoms with Gasteiger partial charge in [0, 0.05) is 36.7 Å². The monoisotopic (exact) mass is 526 g/mol. The van der Waals surface area contributed by atoms with Crippen LogP contribution in [0.25, 0.3) is 0 Å². The largest absolute Gasteiger partial charge is 0.472 e. The van der Waals surface area contributed by atoms with E-state index in [1.54, 1.807) is 6.26 Å². The number of allylic oxidation sites excluding steroid dienone is 1. The lowest BCUT2D eigenvalue weighted by atomic mass is 9.38. The zero-order chi connectivity index (χ0) is 27.5. The lowest BCUT2D eigenvalue weighted by molar-refractivity contribution is -0.280. The highest BCUT2D eigenvalue weighted by atomic mass is 16.6. The maximum atomic E-state index is 12.8. The van der Waals surface area contributed by atoms with Crippen LogP contribution < -0.4 is 0 Å². The first-order valence-electron chi connectivity index (χ1n) is 13.7. The Hall–Kier alpha value is -2.61. The van der Waals surface area contributed by atoms with Crippen molar-refractivity contribution in [2.45, 2.75) is 103 Å². The van der Waals surface area contributed by atoms with Gasteiger partial charge in [0.15, 0.2) is 0 Å². The molecule has 4 fully saturated rings. The van der Waals surface area contributed by atoms with Gasteiger partial charge in [-0.15, -0.1) is 0 Å². The van der Waals surface area contributed by atoms with E-state index in [2.05, 4.69) is 20.8 Å². The number of hydrogen-bond acceptors (Lipinski definition) is 8. The molecule has 10 atom stereocenters. The Labute approximate surface area is 223 Å². The fraction of sp³-hybridized carbons (Fsp3) is 0.700. The molecule has 0 amide bonds. The minimum absolute atomic E-state index is 0.0305. The molecule has 1 spiro atoms. The van der Waals surface area contributed by atoms with Crippen LogP contribution in [0.15, 0.2) is 35.2 Å². The average Bonchev–Trinajstić information content (AvgIpc) is 3.19. The lowest BCUT2D eigenvalue weighted by Crippen LogP contribution is -2.74. The summed E-state index contributed by atoms with van der Waals surface area (Å²) >= 11 is 0. The standard InChI is InChI=1S/C30H38O8/c1-16(31)35-23-24-26(3,4)38-22(33)9-11-27(24,5)20-8-12-28(6)19(18-10-13-34-15-18)14-21-30(28,37-21)29(20,7)25(23)36-17(2)32/h9-11,13,15,19-21,23-25H,8,12,14H2,1-7H3/t19?,20?,21?,23?,24?,25?,27-,28+,29-,30+/m1/s1. The highest BCUT2D eigenvalue weighted by molar-refractivity contribution is 5.83. The van der Waals surface area contributed by atoms with Gasteiger partial charge in [-0.3, -0.25) is 9.59 Å². The van der Waals surface area contributed by atoms with Gasteiger partial charge in [0.25, 0.3) is 0 Å². The summed E-state index contributed by atoms with van der Waals surface area (Å²) in [7, 11) is 0. The number of esters is 3. The van der Waals surface area contributed by atoms with Crippen molar-refractivity contribution in [2.75, 3.05) is 0 Å². The minimum Gasteiger partial charge on any atom is -0.472 e. The number of hydrogen-bond donors (Lipinski definition) is 0. The van der Waals surface area contributed by atoms with E-state index in [0.29, 0.717) is 0 Å². The summed E-state index contributed by atoms with van der Waals surface area (Å²) < 4.78 is 30.5. The highest BCUT2D eigenvalue weighted by Crippen LogP contribution is 2.82. The topological polar surface area (TPSA) is 105 Å². The van der Waals surface area contributed by atoms with Gasteiger partial charge in [-0.1, -0.05) is 26.8 Å². The number of cyclic esters (lactones) is 1. The van der Waals surface area contributed by atoms with Crippen LogP contribution in [0.4, 0.5) is 0 Å². The van der Waals surface area contributed by atoms with Crippen LogP contribution in [0, 0.1) is 28.1 Å². The number of ether oxygens (including phenoxy) is 4. The fourth-order valence-electron chi connectivity index (χ4n) is 10.2. The molecule has 0 N–H and O–H groups in total. The molecule has 5 aliphatic rings. The average molecular weight is 527 g/mol. The van der Waals surface area contributed by atoms with Crippen molar-refractivity contribution in [3.63, 3.8) is 0 Å². The second-order valence-corrected chi connectivity index (χ2v) is 13.3. The van der Waals surface area contributed by atoms with Crippen LogP contribution in [-0.2, 0) is 33.3 Å². The quantitative estimate of drug-likeness (QED) is 0.317. The number of fused-ring (bicyclic) bond motifs is 3. The molecule has 206 valence electrons. The van der Waals surface area contributed by atoms with Gasteiger partial charge in [-0.2, -0.15) is 0 Å². The Morgan fingerprint density at radius 2 is 1.76 bits per heavy atom.